The van der Waals surface area contributed by atoms with E-state index in [1.807, 2.05) is 6.92 Å². The fourth-order valence-electron chi connectivity index (χ4n) is 2.97. The molecule has 0 spiro atoms. The molecule has 6 nitrogen and oxygen atoms in total. The molecule has 0 unspecified atom stereocenters. The molecule has 1 atom stereocenters. The van der Waals surface area contributed by atoms with E-state index < -0.39 is 33.1 Å². The number of hydrogen-bond donors (Lipinski definition) is 0. The molecule has 1 aliphatic carbocycles. The maximum absolute atomic E-state index is 12.6. The van der Waals surface area contributed by atoms with Crippen molar-refractivity contribution in [2.75, 3.05) is 13.2 Å². The summed E-state index contributed by atoms with van der Waals surface area (Å²) in [5, 5.41) is 1.03. The first-order chi connectivity index (χ1) is 12.8. The minimum absolute atomic E-state index is 0.101. The second kappa shape index (κ2) is 8.52. The fraction of sp³-hybridized carbons (Fsp3) is 0.400. The van der Waals surface area contributed by atoms with E-state index in [2.05, 4.69) is 0 Å². The van der Waals surface area contributed by atoms with Gasteiger partial charge in [0.2, 0.25) is 0 Å². The summed E-state index contributed by atoms with van der Waals surface area (Å²) in [4.78, 5) is 25.3. The fourth-order valence-corrected chi connectivity index (χ4v) is 4.01. The molecule has 0 heterocycles. The summed E-state index contributed by atoms with van der Waals surface area (Å²) in [6.45, 7) is 5.37. The van der Waals surface area contributed by atoms with Crippen LogP contribution in [-0.4, -0.2) is 33.6 Å². The average Bonchev–Trinajstić information content (AvgIpc) is 3.06. The third-order valence-corrected chi connectivity index (χ3v) is 5.89. The predicted molar refractivity (Wildman–Crippen MR) is 100 cm³/mol. The highest BCUT2D eigenvalue weighted by atomic mass is 32.2. The zero-order valence-corrected chi connectivity index (χ0v) is 16.5. The molecule has 0 amide bonds. The predicted octanol–water partition coefficient (Wildman–Crippen LogP) is 2.97. The first-order valence-electron chi connectivity index (χ1n) is 8.79. The number of allylic oxidation sites excluding steroid dienone is 3. The minimum atomic E-state index is -3.71. The van der Waals surface area contributed by atoms with Crippen molar-refractivity contribution in [3.63, 3.8) is 0 Å². The van der Waals surface area contributed by atoms with Gasteiger partial charge in [-0.1, -0.05) is 35.9 Å². The van der Waals surface area contributed by atoms with Gasteiger partial charge in [-0.2, -0.15) is 0 Å². The van der Waals surface area contributed by atoms with E-state index in [0.717, 1.165) is 11.0 Å². The number of carbonyl (C=O) groups excluding carboxylic acids is 2. The monoisotopic (exact) mass is 392 g/mol. The van der Waals surface area contributed by atoms with E-state index in [1.165, 1.54) is 18.2 Å². The standard InChI is InChI=1S/C20H24O6S/c1-4-25-18(21)20(19(22)26-5-2)13-6-7-16(20)12-14-27(23,24)17-10-8-15(3)9-11-17/h6-12,14,16H,4-5,13H2,1-3H3/b14-12-/t16-/m0/s1. The van der Waals surface area contributed by atoms with Gasteiger partial charge in [-0.3, -0.25) is 9.59 Å². The number of rotatable bonds is 7. The quantitative estimate of drug-likeness (QED) is 0.403. The Kier molecular flexibility index (Phi) is 6.59. The van der Waals surface area contributed by atoms with Gasteiger partial charge in [-0.05, 0) is 39.3 Å². The Morgan fingerprint density at radius 3 is 2.19 bits per heavy atom. The van der Waals surface area contributed by atoms with E-state index in [-0.39, 0.29) is 24.5 Å². The summed E-state index contributed by atoms with van der Waals surface area (Å²) in [6, 6.07) is 6.45. The van der Waals surface area contributed by atoms with Crippen LogP contribution in [0.4, 0.5) is 0 Å². The highest BCUT2D eigenvalue weighted by molar-refractivity contribution is 7.94. The molecular formula is C20H24O6S. The van der Waals surface area contributed by atoms with Crippen LogP contribution < -0.4 is 0 Å². The number of sulfone groups is 1. The van der Waals surface area contributed by atoms with Crippen LogP contribution in [0.15, 0.2) is 52.8 Å². The van der Waals surface area contributed by atoms with Gasteiger partial charge in [0.25, 0.3) is 0 Å². The molecule has 1 aliphatic rings. The Hall–Kier alpha value is -2.41. The molecule has 0 bridgehead atoms. The van der Waals surface area contributed by atoms with Gasteiger partial charge in [0.05, 0.1) is 18.1 Å². The highest BCUT2D eigenvalue weighted by Gasteiger charge is 2.54. The van der Waals surface area contributed by atoms with Crippen molar-refractivity contribution in [1.82, 2.24) is 0 Å². The zero-order valence-electron chi connectivity index (χ0n) is 15.7. The molecule has 0 N–H and O–H groups in total. The van der Waals surface area contributed by atoms with E-state index in [4.69, 9.17) is 9.47 Å². The lowest BCUT2D eigenvalue weighted by Crippen LogP contribution is -2.44. The highest BCUT2D eigenvalue weighted by Crippen LogP contribution is 2.42. The molecule has 2 rings (SSSR count). The van der Waals surface area contributed by atoms with Crippen LogP contribution in [0.25, 0.3) is 0 Å². The zero-order chi connectivity index (χ0) is 20.1. The Morgan fingerprint density at radius 2 is 1.67 bits per heavy atom. The largest absolute Gasteiger partial charge is 0.465 e. The van der Waals surface area contributed by atoms with Crippen molar-refractivity contribution in [3.05, 3.63) is 53.5 Å². The summed E-state index contributed by atoms with van der Waals surface area (Å²) in [7, 11) is -3.71. The number of esters is 2. The Bertz CT molecular complexity index is 831. The van der Waals surface area contributed by atoms with Crippen molar-refractivity contribution in [2.45, 2.75) is 32.1 Å². The smallest absolute Gasteiger partial charge is 0.324 e. The third kappa shape index (κ3) is 4.30. The molecule has 27 heavy (non-hydrogen) atoms. The SMILES string of the molecule is CCOC(=O)C1(C(=O)OCC)CC=C[C@H]1/C=C\S(=O)(=O)c1ccc(C)cc1. The van der Waals surface area contributed by atoms with Crippen molar-refractivity contribution >= 4 is 21.8 Å². The summed E-state index contributed by atoms with van der Waals surface area (Å²) >= 11 is 0. The summed E-state index contributed by atoms with van der Waals surface area (Å²) < 4.78 is 35.3. The average molecular weight is 392 g/mol. The molecule has 7 heteroatoms. The van der Waals surface area contributed by atoms with Crippen LogP contribution in [0.2, 0.25) is 0 Å². The lowest BCUT2D eigenvalue weighted by molar-refractivity contribution is -0.173. The lowest BCUT2D eigenvalue weighted by atomic mass is 9.77. The Morgan fingerprint density at radius 1 is 1.11 bits per heavy atom. The van der Waals surface area contributed by atoms with Gasteiger partial charge < -0.3 is 9.47 Å². The first-order valence-corrected chi connectivity index (χ1v) is 10.3. The molecular weight excluding hydrogens is 368 g/mol. The van der Waals surface area contributed by atoms with Gasteiger partial charge in [0, 0.05) is 11.3 Å². The third-order valence-electron chi connectivity index (χ3n) is 4.45. The number of aryl methyl sites for hydroxylation is 1. The first kappa shape index (κ1) is 20.9. The van der Waals surface area contributed by atoms with E-state index >= 15 is 0 Å². The molecule has 146 valence electrons. The number of hydrogen-bond acceptors (Lipinski definition) is 6. The molecule has 0 fully saturated rings. The van der Waals surface area contributed by atoms with Crippen molar-refractivity contribution in [2.24, 2.45) is 11.3 Å². The molecule has 0 saturated heterocycles. The van der Waals surface area contributed by atoms with Crippen molar-refractivity contribution in [1.29, 1.82) is 0 Å². The van der Waals surface area contributed by atoms with Crippen LogP contribution in [0.3, 0.4) is 0 Å². The van der Waals surface area contributed by atoms with Crippen LogP contribution in [0, 0.1) is 18.3 Å². The van der Waals surface area contributed by atoms with E-state index in [0.29, 0.717) is 0 Å². The maximum Gasteiger partial charge on any atom is 0.324 e. The number of ether oxygens (including phenoxy) is 2. The van der Waals surface area contributed by atoms with Crippen molar-refractivity contribution < 1.29 is 27.5 Å². The topological polar surface area (TPSA) is 86.7 Å². The number of benzene rings is 1. The Labute approximate surface area is 159 Å². The van der Waals surface area contributed by atoms with Gasteiger partial charge in [0.15, 0.2) is 15.3 Å². The minimum Gasteiger partial charge on any atom is -0.465 e. The summed E-state index contributed by atoms with van der Waals surface area (Å²) in [6.07, 6.45) is 4.76. The van der Waals surface area contributed by atoms with Gasteiger partial charge in [-0.15, -0.1) is 0 Å². The van der Waals surface area contributed by atoms with Crippen LogP contribution in [-0.2, 0) is 28.9 Å². The maximum atomic E-state index is 12.6. The molecule has 0 aliphatic heterocycles. The second-order valence-electron chi connectivity index (χ2n) is 6.26. The Balaban J connectivity index is 2.37. The molecule has 1 aromatic carbocycles. The van der Waals surface area contributed by atoms with Gasteiger partial charge in [0.1, 0.15) is 0 Å². The van der Waals surface area contributed by atoms with Crippen molar-refractivity contribution in [3.8, 4) is 0 Å². The summed E-state index contributed by atoms with van der Waals surface area (Å²) in [5.74, 6) is -2.19. The molecule has 0 radical (unpaired) electrons. The summed E-state index contributed by atoms with van der Waals surface area (Å²) in [5.41, 5.74) is -0.647. The van der Waals surface area contributed by atoms with Crippen LogP contribution in [0.5, 0.6) is 0 Å². The lowest BCUT2D eigenvalue weighted by Gasteiger charge is -2.29. The second-order valence-corrected chi connectivity index (χ2v) is 8.09. The number of carbonyl (C=O) groups is 2. The van der Waals surface area contributed by atoms with E-state index in [9.17, 15) is 18.0 Å². The van der Waals surface area contributed by atoms with E-state index in [1.54, 1.807) is 38.1 Å². The molecule has 0 saturated carbocycles. The van der Waals surface area contributed by atoms with Crippen LogP contribution in [0.1, 0.15) is 25.8 Å². The van der Waals surface area contributed by atoms with Crippen LogP contribution >= 0.6 is 0 Å². The molecule has 1 aromatic rings. The van der Waals surface area contributed by atoms with Gasteiger partial charge in [-0.25, -0.2) is 8.42 Å². The molecule has 0 aromatic heterocycles. The normalized spacial score (nSPS) is 18.6. The van der Waals surface area contributed by atoms with Gasteiger partial charge >= 0.3 is 11.9 Å².